The van der Waals surface area contributed by atoms with Crippen LogP contribution in [0.5, 0.6) is 5.88 Å². The Kier molecular flexibility index (Phi) is 5.49. The Labute approximate surface area is 180 Å². The van der Waals surface area contributed by atoms with Gasteiger partial charge in [-0.3, -0.25) is 0 Å². The Morgan fingerprint density at radius 1 is 1.29 bits per heavy atom. The lowest BCUT2D eigenvalue weighted by Gasteiger charge is -2.17. The zero-order chi connectivity index (χ0) is 22.1. The molecule has 1 saturated heterocycles. The predicted molar refractivity (Wildman–Crippen MR) is 113 cm³/mol. The predicted octanol–water partition coefficient (Wildman–Crippen LogP) is 3.32. The summed E-state index contributed by atoms with van der Waals surface area (Å²) < 4.78 is 14.9. The summed E-state index contributed by atoms with van der Waals surface area (Å²) in [7, 11) is 0. The van der Waals surface area contributed by atoms with Gasteiger partial charge < -0.3 is 19.4 Å². The Hall–Kier alpha value is -3.63. The topological polar surface area (TPSA) is 127 Å². The van der Waals surface area contributed by atoms with Crippen LogP contribution in [-0.4, -0.2) is 43.6 Å². The maximum atomic E-state index is 9.64. The lowest BCUT2D eigenvalue weighted by Crippen LogP contribution is -2.17. The summed E-state index contributed by atoms with van der Waals surface area (Å²) in [6.07, 6.45) is 3.29. The second-order valence-corrected chi connectivity index (χ2v) is 7.99. The van der Waals surface area contributed by atoms with Gasteiger partial charge in [0.15, 0.2) is 0 Å². The van der Waals surface area contributed by atoms with Crippen LogP contribution in [0.4, 0.5) is 11.6 Å². The number of anilines is 2. The average molecular weight is 420 g/mol. The molecule has 0 saturated carbocycles. The quantitative estimate of drug-likeness (QED) is 0.643. The van der Waals surface area contributed by atoms with Crippen LogP contribution in [-0.2, 0) is 4.74 Å². The normalized spacial score (nSPS) is 19.3. The highest BCUT2D eigenvalue weighted by molar-refractivity contribution is 5.79. The molecule has 10 nitrogen and oxygen atoms in total. The van der Waals surface area contributed by atoms with E-state index in [1.807, 2.05) is 18.4 Å². The second kappa shape index (κ2) is 8.25. The van der Waals surface area contributed by atoms with Gasteiger partial charge in [0.1, 0.15) is 29.1 Å². The number of hydrogen-bond donors (Lipinski definition) is 1. The van der Waals surface area contributed by atoms with Crippen molar-refractivity contribution in [2.45, 2.75) is 45.9 Å². The average Bonchev–Trinajstić information content (AvgIpc) is 3.43. The molecule has 3 aromatic heterocycles. The van der Waals surface area contributed by atoms with Gasteiger partial charge in [0.2, 0.25) is 5.95 Å². The minimum atomic E-state index is -0.451. The molecule has 10 heteroatoms. The van der Waals surface area contributed by atoms with Crippen molar-refractivity contribution in [3.63, 3.8) is 0 Å². The summed E-state index contributed by atoms with van der Waals surface area (Å²) in [5.74, 6) is 0.984. The van der Waals surface area contributed by atoms with Crippen LogP contribution in [0, 0.1) is 28.6 Å². The maximum Gasteiger partial charge on any atom is 0.257 e. The number of ether oxygens (including phenoxy) is 2. The molecule has 1 aliphatic rings. The molecule has 0 spiro atoms. The van der Waals surface area contributed by atoms with Gasteiger partial charge in [0, 0.05) is 17.5 Å². The molecule has 4 heterocycles. The van der Waals surface area contributed by atoms with Gasteiger partial charge in [-0.25, -0.2) is 9.67 Å². The zero-order valence-electron chi connectivity index (χ0n) is 17.9. The minimum absolute atomic E-state index is 0.0361. The highest BCUT2D eigenvalue weighted by Crippen LogP contribution is 2.32. The standard InChI is InChI=1S/C21H24N8O2/c1-12(2)31-20-17(9-28(27-20)14(4)6-22)25-21-24-8-15-5-16(7-23)29(19(15)26-21)18-11-30-10-13(18)3/h5,8-9,12-14,18H,10-11H2,1-4H3,(H,24,25,26)/t13-,14+,18+/m1/s1. The van der Waals surface area contributed by atoms with E-state index in [9.17, 15) is 10.5 Å². The molecule has 0 aromatic carbocycles. The SMILES string of the molecule is CC(C)Oc1nn([C@@H](C)C#N)cc1Nc1ncc2cc(C#N)n([C@H]3COC[C@H]3C)c2n1. The fourth-order valence-electron chi connectivity index (χ4n) is 3.62. The summed E-state index contributed by atoms with van der Waals surface area (Å²) in [5.41, 5.74) is 1.76. The molecule has 0 amide bonds. The number of rotatable bonds is 6. The van der Waals surface area contributed by atoms with Gasteiger partial charge in [-0.15, -0.1) is 5.10 Å². The molecule has 0 radical (unpaired) electrons. The highest BCUT2D eigenvalue weighted by atomic mass is 16.5. The molecule has 3 atom stereocenters. The van der Waals surface area contributed by atoms with E-state index in [1.54, 1.807) is 25.4 Å². The molecular formula is C21H24N8O2. The first-order valence-corrected chi connectivity index (χ1v) is 10.2. The molecule has 3 aromatic rings. The third-order valence-corrected chi connectivity index (χ3v) is 5.22. The molecule has 4 rings (SSSR count). The summed E-state index contributed by atoms with van der Waals surface area (Å²) in [6, 6.07) is 5.80. The van der Waals surface area contributed by atoms with Crippen molar-refractivity contribution in [2.75, 3.05) is 18.5 Å². The fraction of sp³-hybridized carbons (Fsp3) is 0.476. The van der Waals surface area contributed by atoms with E-state index in [0.717, 1.165) is 5.39 Å². The zero-order valence-corrected chi connectivity index (χ0v) is 17.9. The van der Waals surface area contributed by atoms with Gasteiger partial charge in [-0.1, -0.05) is 6.92 Å². The Morgan fingerprint density at radius 2 is 2.10 bits per heavy atom. The molecular weight excluding hydrogens is 396 g/mol. The van der Waals surface area contributed by atoms with Crippen LogP contribution >= 0.6 is 0 Å². The van der Waals surface area contributed by atoms with Crippen molar-refractivity contribution >= 4 is 22.7 Å². The van der Waals surface area contributed by atoms with Crippen molar-refractivity contribution < 1.29 is 9.47 Å². The van der Waals surface area contributed by atoms with Crippen LogP contribution in [0.3, 0.4) is 0 Å². The van der Waals surface area contributed by atoms with Gasteiger partial charge >= 0.3 is 0 Å². The van der Waals surface area contributed by atoms with Gasteiger partial charge in [0.25, 0.3) is 5.88 Å². The van der Waals surface area contributed by atoms with Crippen LogP contribution in [0.1, 0.15) is 45.5 Å². The van der Waals surface area contributed by atoms with Crippen LogP contribution in [0.15, 0.2) is 18.5 Å². The molecule has 1 aliphatic heterocycles. The minimum Gasteiger partial charge on any atom is -0.472 e. The number of hydrogen-bond acceptors (Lipinski definition) is 8. The van der Waals surface area contributed by atoms with Crippen LogP contribution < -0.4 is 10.1 Å². The van der Waals surface area contributed by atoms with Crippen molar-refractivity contribution in [3.8, 4) is 18.0 Å². The molecule has 160 valence electrons. The van der Waals surface area contributed by atoms with Crippen molar-refractivity contribution in [1.82, 2.24) is 24.3 Å². The number of nitrogens with one attached hydrogen (secondary N) is 1. The summed E-state index contributed by atoms with van der Waals surface area (Å²) in [5, 5.41) is 27.2. The van der Waals surface area contributed by atoms with Gasteiger partial charge in [0.05, 0.1) is 37.6 Å². The van der Waals surface area contributed by atoms with E-state index in [1.165, 1.54) is 4.68 Å². The molecule has 1 fully saturated rings. The molecule has 0 aliphatic carbocycles. The third kappa shape index (κ3) is 3.90. The second-order valence-electron chi connectivity index (χ2n) is 7.99. The number of fused-ring (bicyclic) bond motifs is 1. The molecule has 31 heavy (non-hydrogen) atoms. The highest BCUT2D eigenvalue weighted by Gasteiger charge is 2.29. The van der Waals surface area contributed by atoms with E-state index < -0.39 is 6.04 Å². The van der Waals surface area contributed by atoms with Crippen molar-refractivity contribution in [2.24, 2.45) is 5.92 Å². The largest absolute Gasteiger partial charge is 0.472 e. The number of nitrogens with zero attached hydrogens (tertiary/aromatic N) is 7. The molecule has 0 unspecified atom stereocenters. The lowest BCUT2D eigenvalue weighted by molar-refractivity contribution is 0.182. The summed E-state index contributed by atoms with van der Waals surface area (Å²) >= 11 is 0. The smallest absolute Gasteiger partial charge is 0.257 e. The number of nitriles is 2. The first-order valence-electron chi connectivity index (χ1n) is 10.2. The van der Waals surface area contributed by atoms with Crippen molar-refractivity contribution in [1.29, 1.82) is 10.5 Å². The number of aromatic nitrogens is 5. The summed E-state index contributed by atoms with van der Waals surface area (Å²) in [6.45, 7) is 8.85. The molecule has 0 bridgehead atoms. The van der Waals surface area contributed by atoms with E-state index in [2.05, 4.69) is 39.4 Å². The first-order chi connectivity index (χ1) is 14.9. The first kappa shape index (κ1) is 20.6. The lowest BCUT2D eigenvalue weighted by atomic mass is 10.1. The monoisotopic (exact) mass is 420 g/mol. The van der Waals surface area contributed by atoms with Crippen molar-refractivity contribution in [3.05, 3.63) is 24.2 Å². The van der Waals surface area contributed by atoms with Gasteiger partial charge in [-0.05, 0) is 26.8 Å². The van der Waals surface area contributed by atoms with Gasteiger partial charge in [-0.2, -0.15) is 15.5 Å². The summed E-state index contributed by atoms with van der Waals surface area (Å²) in [4.78, 5) is 9.09. The van der Waals surface area contributed by atoms with Crippen LogP contribution in [0.25, 0.3) is 11.0 Å². The third-order valence-electron chi connectivity index (χ3n) is 5.22. The Morgan fingerprint density at radius 3 is 2.74 bits per heavy atom. The fourth-order valence-corrected chi connectivity index (χ4v) is 3.62. The Balaban J connectivity index is 1.74. The van der Waals surface area contributed by atoms with E-state index in [-0.39, 0.29) is 18.1 Å². The maximum absolute atomic E-state index is 9.64. The molecule has 1 N–H and O–H groups in total. The van der Waals surface area contributed by atoms with E-state index in [4.69, 9.17) is 9.47 Å². The van der Waals surface area contributed by atoms with E-state index in [0.29, 0.717) is 42.1 Å². The van der Waals surface area contributed by atoms with Crippen LogP contribution in [0.2, 0.25) is 0 Å². The Bertz CT molecular complexity index is 1180. The van der Waals surface area contributed by atoms with E-state index >= 15 is 0 Å².